The van der Waals surface area contributed by atoms with Gasteiger partial charge in [-0.1, -0.05) is 12.1 Å². The fourth-order valence-corrected chi connectivity index (χ4v) is 3.51. The Morgan fingerprint density at radius 2 is 1.81 bits per heavy atom. The van der Waals surface area contributed by atoms with E-state index in [-0.39, 0.29) is 11.7 Å². The summed E-state index contributed by atoms with van der Waals surface area (Å²) in [6.07, 6.45) is 0. The number of hydrogen-bond donors (Lipinski definition) is 0. The van der Waals surface area contributed by atoms with Crippen LogP contribution in [0.25, 0.3) is 0 Å². The molecule has 1 aliphatic rings. The highest BCUT2D eigenvalue weighted by Crippen LogP contribution is 2.23. The molecule has 0 spiro atoms. The van der Waals surface area contributed by atoms with Gasteiger partial charge in [-0.25, -0.2) is 13.2 Å². The molecule has 1 aromatic carbocycles. The van der Waals surface area contributed by atoms with Crippen LogP contribution in [0.2, 0.25) is 0 Å². The molecule has 0 aliphatic carbocycles. The van der Waals surface area contributed by atoms with Crippen molar-refractivity contribution in [1.82, 2.24) is 4.31 Å². The van der Waals surface area contributed by atoms with Crippen molar-refractivity contribution in [3.63, 3.8) is 0 Å². The third-order valence-electron chi connectivity index (χ3n) is 3.65. The monoisotopic (exact) mass is 312 g/mol. The molecule has 7 heteroatoms. The quantitative estimate of drug-likeness (QED) is 0.774. The van der Waals surface area contributed by atoms with Crippen LogP contribution in [0.5, 0.6) is 0 Å². The number of esters is 1. The topological polar surface area (TPSA) is 66.9 Å². The molecule has 0 aromatic heterocycles. The first-order valence-corrected chi connectivity index (χ1v) is 8.50. The molecule has 0 radical (unpaired) electrons. The minimum atomic E-state index is -3.14. The number of benzene rings is 1. The van der Waals surface area contributed by atoms with Crippen LogP contribution in [0.4, 0.5) is 5.69 Å². The Labute approximate surface area is 125 Å². The minimum Gasteiger partial charge on any atom is -0.465 e. The van der Waals surface area contributed by atoms with Crippen LogP contribution in [0.15, 0.2) is 24.3 Å². The number of sulfonamides is 1. The van der Waals surface area contributed by atoms with Crippen LogP contribution in [-0.4, -0.2) is 57.7 Å². The van der Waals surface area contributed by atoms with Crippen LogP contribution in [0.1, 0.15) is 17.3 Å². The second-order valence-corrected chi connectivity index (χ2v) is 7.05. The van der Waals surface area contributed by atoms with Gasteiger partial charge in [0, 0.05) is 26.2 Å². The second kappa shape index (κ2) is 6.44. The number of ether oxygens (including phenoxy) is 1. The number of anilines is 1. The maximum atomic E-state index is 11.9. The highest BCUT2D eigenvalue weighted by Gasteiger charge is 2.27. The van der Waals surface area contributed by atoms with Gasteiger partial charge < -0.3 is 9.64 Å². The Bertz CT molecular complexity index is 607. The standard InChI is InChI=1S/C14H20N2O4S/c1-3-21(18,19)16-10-8-15(9-11-16)13-7-5-4-6-12(13)14(17)20-2/h4-7H,3,8-11H2,1-2H3. The van der Waals surface area contributed by atoms with Crippen molar-refractivity contribution in [3.8, 4) is 0 Å². The first kappa shape index (κ1) is 15.8. The van der Waals surface area contributed by atoms with E-state index in [1.807, 2.05) is 17.0 Å². The molecule has 0 saturated carbocycles. The Morgan fingerprint density at radius 1 is 1.19 bits per heavy atom. The van der Waals surface area contributed by atoms with E-state index in [1.54, 1.807) is 19.1 Å². The zero-order valence-electron chi connectivity index (χ0n) is 12.3. The summed E-state index contributed by atoms with van der Waals surface area (Å²) in [5, 5.41) is 0. The normalized spacial score (nSPS) is 16.8. The molecule has 21 heavy (non-hydrogen) atoms. The lowest BCUT2D eigenvalue weighted by atomic mass is 10.1. The second-order valence-electron chi connectivity index (χ2n) is 4.80. The lowest BCUT2D eigenvalue weighted by Crippen LogP contribution is -2.49. The predicted octanol–water partition coefficient (Wildman–Crippen LogP) is 0.945. The summed E-state index contributed by atoms with van der Waals surface area (Å²) in [7, 11) is -1.79. The van der Waals surface area contributed by atoms with Crippen molar-refractivity contribution in [2.45, 2.75) is 6.92 Å². The van der Waals surface area contributed by atoms with E-state index in [0.29, 0.717) is 31.7 Å². The zero-order valence-corrected chi connectivity index (χ0v) is 13.1. The SMILES string of the molecule is CCS(=O)(=O)N1CCN(c2ccccc2C(=O)OC)CC1. The third kappa shape index (κ3) is 3.36. The molecule has 0 bridgehead atoms. The number of para-hydroxylation sites is 1. The molecule has 2 rings (SSSR count). The molecule has 0 atom stereocenters. The van der Waals surface area contributed by atoms with Gasteiger partial charge in [0.25, 0.3) is 0 Å². The third-order valence-corrected chi connectivity index (χ3v) is 5.53. The maximum Gasteiger partial charge on any atom is 0.339 e. The van der Waals surface area contributed by atoms with Gasteiger partial charge in [-0.15, -0.1) is 0 Å². The van der Waals surface area contributed by atoms with Crippen LogP contribution in [0.3, 0.4) is 0 Å². The van der Waals surface area contributed by atoms with Crippen molar-refractivity contribution in [1.29, 1.82) is 0 Å². The zero-order chi connectivity index (χ0) is 15.5. The average Bonchev–Trinajstić information content (AvgIpc) is 2.54. The van der Waals surface area contributed by atoms with Gasteiger partial charge in [-0.2, -0.15) is 4.31 Å². The first-order valence-electron chi connectivity index (χ1n) is 6.89. The first-order chi connectivity index (χ1) is 9.99. The predicted molar refractivity (Wildman–Crippen MR) is 81.0 cm³/mol. The van der Waals surface area contributed by atoms with Gasteiger partial charge in [0.05, 0.1) is 24.1 Å². The molecule has 1 aromatic rings. The van der Waals surface area contributed by atoms with Gasteiger partial charge in [0.1, 0.15) is 0 Å². The van der Waals surface area contributed by atoms with E-state index >= 15 is 0 Å². The number of rotatable bonds is 4. The molecular formula is C14H20N2O4S. The molecule has 0 N–H and O–H groups in total. The molecule has 6 nitrogen and oxygen atoms in total. The van der Waals surface area contributed by atoms with E-state index < -0.39 is 10.0 Å². The number of hydrogen-bond acceptors (Lipinski definition) is 5. The van der Waals surface area contributed by atoms with Crippen molar-refractivity contribution in [2.75, 3.05) is 43.9 Å². The van der Waals surface area contributed by atoms with Gasteiger partial charge >= 0.3 is 5.97 Å². The van der Waals surface area contributed by atoms with Crippen LogP contribution in [-0.2, 0) is 14.8 Å². The number of piperazine rings is 1. The lowest BCUT2D eigenvalue weighted by Gasteiger charge is -2.35. The largest absolute Gasteiger partial charge is 0.465 e. The molecule has 1 aliphatic heterocycles. The summed E-state index contributed by atoms with van der Waals surface area (Å²) in [4.78, 5) is 13.8. The van der Waals surface area contributed by atoms with Gasteiger partial charge in [0.2, 0.25) is 10.0 Å². The van der Waals surface area contributed by atoms with Crippen LogP contribution in [0, 0.1) is 0 Å². The van der Waals surface area contributed by atoms with Gasteiger partial charge in [-0.05, 0) is 19.1 Å². The minimum absolute atomic E-state index is 0.117. The molecule has 0 unspecified atom stereocenters. The Hall–Kier alpha value is -1.60. The van der Waals surface area contributed by atoms with E-state index in [2.05, 4.69) is 0 Å². The summed E-state index contributed by atoms with van der Waals surface area (Å²) in [6, 6.07) is 7.22. The maximum absolute atomic E-state index is 11.9. The van der Waals surface area contributed by atoms with Crippen LogP contribution < -0.4 is 4.90 Å². The Morgan fingerprint density at radius 3 is 2.38 bits per heavy atom. The summed E-state index contributed by atoms with van der Waals surface area (Å²) >= 11 is 0. The van der Waals surface area contributed by atoms with Gasteiger partial charge in [-0.3, -0.25) is 0 Å². The van der Waals surface area contributed by atoms with E-state index in [9.17, 15) is 13.2 Å². The fourth-order valence-electron chi connectivity index (χ4n) is 2.42. The number of carbonyl (C=O) groups is 1. The van der Waals surface area contributed by atoms with Crippen molar-refractivity contribution < 1.29 is 17.9 Å². The van der Waals surface area contributed by atoms with E-state index in [0.717, 1.165) is 5.69 Å². The summed E-state index contributed by atoms with van der Waals surface area (Å²) in [6.45, 7) is 3.64. The molecular weight excluding hydrogens is 292 g/mol. The smallest absolute Gasteiger partial charge is 0.339 e. The van der Waals surface area contributed by atoms with Crippen molar-refractivity contribution in [3.05, 3.63) is 29.8 Å². The molecule has 116 valence electrons. The summed E-state index contributed by atoms with van der Waals surface area (Å²) in [5.74, 6) is -0.264. The highest BCUT2D eigenvalue weighted by atomic mass is 32.2. The number of carbonyl (C=O) groups excluding carboxylic acids is 1. The summed E-state index contributed by atoms with van der Waals surface area (Å²) < 4.78 is 30.0. The summed E-state index contributed by atoms with van der Waals surface area (Å²) in [5.41, 5.74) is 1.30. The Kier molecular flexibility index (Phi) is 4.84. The van der Waals surface area contributed by atoms with E-state index in [1.165, 1.54) is 11.4 Å². The molecule has 0 amide bonds. The lowest BCUT2D eigenvalue weighted by molar-refractivity contribution is 0.0601. The molecule has 1 fully saturated rings. The number of methoxy groups -OCH3 is 1. The molecule has 1 heterocycles. The Balaban J connectivity index is 2.15. The van der Waals surface area contributed by atoms with Crippen LogP contribution >= 0.6 is 0 Å². The fraction of sp³-hybridized carbons (Fsp3) is 0.500. The molecule has 1 saturated heterocycles. The highest BCUT2D eigenvalue weighted by molar-refractivity contribution is 7.89. The number of nitrogens with zero attached hydrogens (tertiary/aromatic N) is 2. The van der Waals surface area contributed by atoms with Crippen molar-refractivity contribution in [2.24, 2.45) is 0 Å². The average molecular weight is 312 g/mol. The van der Waals surface area contributed by atoms with Gasteiger partial charge in [0.15, 0.2) is 0 Å². The van der Waals surface area contributed by atoms with Crippen molar-refractivity contribution >= 4 is 21.7 Å². The van der Waals surface area contributed by atoms with E-state index in [4.69, 9.17) is 4.74 Å².